The van der Waals surface area contributed by atoms with Gasteiger partial charge in [0.05, 0.1) is 6.54 Å². The van der Waals surface area contributed by atoms with E-state index in [1.807, 2.05) is 25.9 Å². The molecule has 0 bridgehead atoms. The van der Waals surface area contributed by atoms with Crippen molar-refractivity contribution in [2.75, 3.05) is 39.1 Å². The van der Waals surface area contributed by atoms with Crippen LogP contribution in [0.3, 0.4) is 0 Å². The lowest BCUT2D eigenvalue weighted by Crippen LogP contribution is -2.50. The largest absolute Gasteiger partial charge is 0.489 e. The van der Waals surface area contributed by atoms with Crippen LogP contribution in [0.5, 0.6) is 5.75 Å². The summed E-state index contributed by atoms with van der Waals surface area (Å²) in [7, 11) is 5.61. The predicted octanol–water partition coefficient (Wildman–Crippen LogP) is 3.00. The van der Waals surface area contributed by atoms with Gasteiger partial charge in [0, 0.05) is 37.1 Å². The Morgan fingerprint density at radius 1 is 1.23 bits per heavy atom. The average molecular weight is 493 g/mol. The van der Waals surface area contributed by atoms with E-state index in [-0.39, 0.29) is 25.5 Å². The summed E-state index contributed by atoms with van der Waals surface area (Å²) in [5, 5.41) is 2.18. The first-order valence-corrected chi connectivity index (χ1v) is 11.7. The molecule has 8 nitrogen and oxygen atoms in total. The van der Waals surface area contributed by atoms with Gasteiger partial charge in [-0.25, -0.2) is 9.97 Å². The van der Waals surface area contributed by atoms with Gasteiger partial charge >= 0.3 is 6.18 Å². The molecule has 2 aromatic rings. The summed E-state index contributed by atoms with van der Waals surface area (Å²) in [5.41, 5.74) is 0.244. The van der Waals surface area contributed by atoms with Gasteiger partial charge in [-0.3, -0.25) is 9.78 Å². The zero-order valence-corrected chi connectivity index (χ0v) is 20.4. The molecule has 1 fully saturated rings. The molecule has 0 unspecified atom stereocenters. The fourth-order valence-electron chi connectivity index (χ4n) is 4.43. The molecule has 35 heavy (non-hydrogen) atoms. The van der Waals surface area contributed by atoms with Crippen molar-refractivity contribution in [1.82, 2.24) is 25.2 Å². The number of rotatable bonds is 9. The van der Waals surface area contributed by atoms with E-state index in [0.29, 0.717) is 23.1 Å². The lowest BCUT2D eigenvalue weighted by atomic mass is 10.2. The van der Waals surface area contributed by atoms with E-state index in [4.69, 9.17) is 9.72 Å². The molecule has 2 aliphatic rings. The van der Waals surface area contributed by atoms with E-state index >= 15 is 0 Å². The van der Waals surface area contributed by atoms with Gasteiger partial charge in [-0.05, 0) is 59.2 Å². The maximum atomic E-state index is 13.2. The number of halogens is 3. The standard InChI is InChI=1S/C24H31F3N6O2/c1-15(13-32(2)3)35-16-8-11-28-19(12-16)21-29-18-7-5-6-17(18)22(30-21)33(4)14-20(34)31-23(9-10-23)24(25,26)27/h8,11-12,15H,5-7,9-10,13-14H2,1-4H3,(H,31,34)/t15-/m1/s1. The summed E-state index contributed by atoms with van der Waals surface area (Å²) in [6.07, 6.45) is -0.608. The molecule has 0 aliphatic heterocycles. The molecule has 1 saturated carbocycles. The molecule has 2 heterocycles. The van der Waals surface area contributed by atoms with Gasteiger partial charge in [-0.1, -0.05) is 0 Å². The Balaban J connectivity index is 1.54. The fraction of sp³-hybridized carbons (Fsp3) is 0.583. The van der Waals surface area contributed by atoms with Crippen molar-refractivity contribution in [2.24, 2.45) is 0 Å². The van der Waals surface area contributed by atoms with E-state index in [1.165, 1.54) is 0 Å². The Hall–Kier alpha value is -2.95. The van der Waals surface area contributed by atoms with E-state index < -0.39 is 17.6 Å². The first-order chi connectivity index (χ1) is 16.5. The Kier molecular flexibility index (Phi) is 6.90. The molecule has 11 heteroatoms. The smallest absolute Gasteiger partial charge is 0.411 e. The number of carbonyl (C=O) groups excluding carboxylic acids is 1. The van der Waals surface area contributed by atoms with E-state index in [1.54, 1.807) is 30.3 Å². The van der Waals surface area contributed by atoms with Crippen LogP contribution in [-0.4, -0.2) is 77.8 Å². The van der Waals surface area contributed by atoms with Crippen LogP contribution >= 0.6 is 0 Å². The number of ether oxygens (including phenoxy) is 1. The Bertz CT molecular complexity index is 1090. The zero-order valence-electron chi connectivity index (χ0n) is 20.4. The molecular formula is C24H31F3N6O2. The van der Waals surface area contributed by atoms with Crippen molar-refractivity contribution in [1.29, 1.82) is 0 Å². The van der Waals surface area contributed by atoms with Crippen molar-refractivity contribution in [2.45, 2.75) is 56.8 Å². The van der Waals surface area contributed by atoms with E-state index in [2.05, 4.69) is 15.3 Å². The monoisotopic (exact) mass is 492 g/mol. The Morgan fingerprint density at radius 2 is 1.97 bits per heavy atom. The third-order valence-corrected chi connectivity index (χ3v) is 6.24. The summed E-state index contributed by atoms with van der Waals surface area (Å²) in [5.74, 6) is 0.901. The first kappa shape index (κ1) is 25.2. The zero-order chi connectivity index (χ0) is 25.4. The van der Waals surface area contributed by atoms with Crippen molar-refractivity contribution >= 4 is 11.7 Å². The highest BCUT2D eigenvalue weighted by atomic mass is 19.4. The molecule has 2 aliphatic carbocycles. The van der Waals surface area contributed by atoms with Crippen LogP contribution in [0.15, 0.2) is 18.3 Å². The topological polar surface area (TPSA) is 83.5 Å². The van der Waals surface area contributed by atoms with Gasteiger partial charge in [-0.15, -0.1) is 0 Å². The van der Waals surface area contributed by atoms with Gasteiger partial charge in [-0.2, -0.15) is 13.2 Å². The minimum Gasteiger partial charge on any atom is -0.489 e. The lowest BCUT2D eigenvalue weighted by Gasteiger charge is -2.24. The number of carbonyl (C=O) groups is 1. The number of hydrogen-bond acceptors (Lipinski definition) is 7. The SMILES string of the molecule is C[C@H](CN(C)C)Oc1ccnc(-c2nc3c(c(N(C)CC(=O)NC4(C(F)(F)F)CC4)n2)CCC3)c1. The number of alkyl halides is 3. The highest BCUT2D eigenvalue weighted by Gasteiger charge is 2.64. The van der Waals surface area contributed by atoms with Gasteiger partial charge in [0.1, 0.15) is 28.9 Å². The number of nitrogens with zero attached hydrogens (tertiary/aromatic N) is 5. The number of anilines is 1. The number of amides is 1. The highest BCUT2D eigenvalue weighted by Crippen LogP contribution is 2.48. The van der Waals surface area contributed by atoms with Crippen LogP contribution in [0.1, 0.15) is 37.4 Å². The van der Waals surface area contributed by atoms with Crippen molar-refractivity contribution < 1.29 is 22.7 Å². The summed E-state index contributed by atoms with van der Waals surface area (Å²) < 4.78 is 45.7. The summed E-state index contributed by atoms with van der Waals surface area (Å²) in [4.78, 5) is 29.9. The second-order valence-electron chi connectivity index (χ2n) is 9.70. The first-order valence-electron chi connectivity index (χ1n) is 11.7. The maximum Gasteiger partial charge on any atom is 0.411 e. The predicted molar refractivity (Wildman–Crippen MR) is 125 cm³/mol. The molecule has 4 rings (SSSR count). The third-order valence-electron chi connectivity index (χ3n) is 6.24. The average Bonchev–Trinajstić information content (AvgIpc) is 3.39. The molecule has 1 N–H and O–H groups in total. The second kappa shape index (κ2) is 9.60. The summed E-state index contributed by atoms with van der Waals surface area (Å²) in [6, 6.07) is 3.55. The lowest BCUT2D eigenvalue weighted by molar-refractivity contribution is -0.170. The van der Waals surface area contributed by atoms with Gasteiger partial charge < -0.3 is 19.9 Å². The molecule has 0 spiro atoms. The molecule has 1 atom stereocenters. The number of likely N-dealkylation sites (N-methyl/N-ethyl adjacent to an activating group) is 2. The van der Waals surface area contributed by atoms with Gasteiger partial charge in [0.2, 0.25) is 5.91 Å². The number of aromatic nitrogens is 3. The molecule has 0 aromatic carbocycles. The Morgan fingerprint density at radius 3 is 2.63 bits per heavy atom. The minimum atomic E-state index is -4.45. The fourth-order valence-corrected chi connectivity index (χ4v) is 4.43. The van der Waals surface area contributed by atoms with E-state index in [0.717, 1.165) is 37.1 Å². The summed E-state index contributed by atoms with van der Waals surface area (Å²) >= 11 is 0. The maximum absolute atomic E-state index is 13.2. The van der Waals surface area contributed by atoms with Crippen LogP contribution in [-0.2, 0) is 17.6 Å². The molecule has 2 aromatic heterocycles. The number of hydrogen-bond donors (Lipinski definition) is 1. The summed E-state index contributed by atoms with van der Waals surface area (Å²) in [6.45, 7) is 2.49. The molecule has 0 saturated heterocycles. The highest BCUT2D eigenvalue weighted by molar-refractivity contribution is 5.82. The van der Waals surface area contributed by atoms with Gasteiger partial charge in [0.25, 0.3) is 0 Å². The van der Waals surface area contributed by atoms with Crippen molar-refractivity contribution in [3.05, 3.63) is 29.6 Å². The van der Waals surface area contributed by atoms with E-state index in [9.17, 15) is 18.0 Å². The quantitative estimate of drug-likeness (QED) is 0.576. The van der Waals surface area contributed by atoms with Crippen LogP contribution in [0.4, 0.5) is 19.0 Å². The molecule has 190 valence electrons. The third kappa shape index (κ3) is 5.66. The molecular weight excluding hydrogens is 461 g/mol. The number of pyridine rings is 1. The number of aryl methyl sites for hydroxylation is 1. The minimum absolute atomic E-state index is 0.0344. The Labute approximate surface area is 202 Å². The van der Waals surface area contributed by atoms with Crippen molar-refractivity contribution in [3.63, 3.8) is 0 Å². The number of fused-ring (bicyclic) bond motifs is 1. The van der Waals surface area contributed by atoms with Crippen LogP contribution in [0.25, 0.3) is 11.5 Å². The van der Waals surface area contributed by atoms with Gasteiger partial charge in [0.15, 0.2) is 5.82 Å². The van der Waals surface area contributed by atoms with Crippen LogP contribution in [0.2, 0.25) is 0 Å². The van der Waals surface area contributed by atoms with Crippen LogP contribution in [0, 0.1) is 0 Å². The molecule has 0 radical (unpaired) electrons. The van der Waals surface area contributed by atoms with Crippen LogP contribution < -0.4 is 15.0 Å². The second-order valence-corrected chi connectivity index (χ2v) is 9.70. The number of nitrogens with one attached hydrogen (secondary N) is 1. The molecule has 1 amide bonds. The van der Waals surface area contributed by atoms with Crippen molar-refractivity contribution in [3.8, 4) is 17.3 Å². The normalized spacial score (nSPS) is 17.1.